The number of nitrogens with one attached hydrogen (secondary N) is 2. The molecule has 0 saturated carbocycles. The quantitative estimate of drug-likeness (QED) is 0.800. The zero-order valence-electron chi connectivity index (χ0n) is 17.5. The van der Waals surface area contributed by atoms with Crippen molar-refractivity contribution in [2.75, 3.05) is 31.1 Å². The third-order valence-electron chi connectivity index (χ3n) is 6.25. The predicted molar refractivity (Wildman–Crippen MR) is 124 cm³/mol. The lowest BCUT2D eigenvalue weighted by Crippen LogP contribution is -2.69. The third-order valence-corrected chi connectivity index (χ3v) is 7.42. The molecule has 3 unspecified atom stereocenters. The highest BCUT2D eigenvalue weighted by atomic mass is 32.2. The van der Waals surface area contributed by atoms with E-state index in [0.717, 1.165) is 26.2 Å². The van der Waals surface area contributed by atoms with Gasteiger partial charge in [0.1, 0.15) is 11.5 Å². The van der Waals surface area contributed by atoms with E-state index < -0.39 is 0 Å². The van der Waals surface area contributed by atoms with Crippen LogP contribution in [0.25, 0.3) is 5.57 Å². The second-order valence-electron chi connectivity index (χ2n) is 8.42. The van der Waals surface area contributed by atoms with Gasteiger partial charge in [-0.15, -0.1) is 11.8 Å². The van der Waals surface area contributed by atoms with Crippen LogP contribution in [0.3, 0.4) is 0 Å². The predicted octanol–water partition coefficient (Wildman–Crippen LogP) is 2.95. The number of carbonyl (C=O) groups excluding carboxylic acids is 1. The van der Waals surface area contributed by atoms with Crippen molar-refractivity contribution in [2.24, 2.45) is 0 Å². The Morgan fingerprint density at radius 2 is 1.70 bits per heavy atom. The topological polar surface area (TPSA) is 47.6 Å². The van der Waals surface area contributed by atoms with Crippen LogP contribution in [0.15, 0.2) is 53.9 Å². The normalized spacial score (nSPS) is 26.9. The van der Waals surface area contributed by atoms with Crippen LogP contribution < -0.4 is 15.5 Å². The molecule has 3 heterocycles. The largest absolute Gasteiger partial charge is 0.369 e. The highest BCUT2D eigenvalue weighted by Gasteiger charge is 2.43. The number of piperazine rings is 1. The summed E-state index contributed by atoms with van der Waals surface area (Å²) in [7, 11) is 0. The van der Waals surface area contributed by atoms with Crippen molar-refractivity contribution in [3.63, 3.8) is 0 Å². The molecule has 1 amide bonds. The zero-order chi connectivity index (χ0) is 20.7. The van der Waals surface area contributed by atoms with Crippen molar-refractivity contribution < 1.29 is 4.79 Å². The van der Waals surface area contributed by atoms with Crippen LogP contribution in [-0.4, -0.2) is 54.6 Å². The fourth-order valence-corrected chi connectivity index (χ4v) is 5.76. The molecule has 6 heteroatoms. The Bertz CT molecular complexity index is 983. The van der Waals surface area contributed by atoms with Crippen molar-refractivity contribution in [1.82, 2.24) is 15.5 Å². The molecule has 3 aliphatic heterocycles. The molecule has 5 nitrogen and oxygen atoms in total. The molecule has 2 fully saturated rings. The molecule has 0 bridgehead atoms. The second kappa shape index (κ2) is 8.10. The Morgan fingerprint density at radius 3 is 2.43 bits per heavy atom. The first-order valence-corrected chi connectivity index (χ1v) is 11.6. The summed E-state index contributed by atoms with van der Waals surface area (Å²) in [5.41, 5.74) is 6.25. The van der Waals surface area contributed by atoms with E-state index >= 15 is 0 Å². The second-order valence-corrected chi connectivity index (χ2v) is 9.43. The lowest BCUT2D eigenvalue weighted by molar-refractivity contribution is -0.125. The summed E-state index contributed by atoms with van der Waals surface area (Å²) in [6.07, 6.45) is -0.120. The number of aryl methyl sites for hydroxylation is 2. The number of carbonyl (C=O) groups is 1. The van der Waals surface area contributed by atoms with Crippen LogP contribution in [-0.2, 0) is 4.79 Å². The van der Waals surface area contributed by atoms with E-state index in [4.69, 9.17) is 0 Å². The Morgan fingerprint density at radius 1 is 0.967 bits per heavy atom. The van der Waals surface area contributed by atoms with Gasteiger partial charge in [0.25, 0.3) is 0 Å². The fraction of sp³-hybridized carbons (Fsp3) is 0.375. The summed E-state index contributed by atoms with van der Waals surface area (Å²) in [5.74, 6) is 0.133. The maximum absolute atomic E-state index is 12.9. The van der Waals surface area contributed by atoms with E-state index in [0.29, 0.717) is 0 Å². The number of benzene rings is 2. The van der Waals surface area contributed by atoms with Gasteiger partial charge < -0.3 is 10.2 Å². The van der Waals surface area contributed by atoms with Crippen LogP contribution in [0.1, 0.15) is 16.7 Å². The highest BCUT2D eigenvalue weighted by Crippen LogP contribution is 2.38. The van der Waals surface area contributed by atoms with Crippen molar-refractivity contribution in [3.8, 4) is 0 Å². The smallest absolute Gasteiger partial charge is 0.237 e. The Labute approximate surface area is 182 Å². The van der Waals surface area contributed by atoms with Crippen molar-refractivity contribution >= 4 is 28.9 Å². The van der Waals surface area contributed by atoms with Crippen LogP contribution in [0.2, 0.25) is 0 Å². The van der Waals surface area contributed by atoms with Gasteiger partial charge in [-0.2, -0.15) is 0 Å². The zero-order valence-corrected chi connectivity index (χ0v) is 18.3. The molecule has 0 aromatic heterocycles. The van der Waals surface area contributed by atoms with Gasteiger partial charge in [0, 0.05) is 31.9 Å². The third kappa shape index (κ3) is 3.75. The van der Waals surface area contributed by atoms with E-state index in [1.165, 1.54) is 28.0 Å². The van der Waals surface area contributed by atoms with Crippen LogP contribution in [0, 0.1) is 13.8 Å². The molecule has 0 spiro atoms. The first-order chi connectivity index (χ1) is 14.6. The van der Waals surface area contributed by atoms with E-state index in [1.54, 1.807) is 11.8 Å². The molecular weight excluding hydrogens is 392 g/mol. The maximum Gasteiger partial charge on any atom is 0.237 e. The number of rotatable bonds is 3. The Hall–Kier alpha value is -2.28. The van der Waals surface area contributed by atoms with Gasteiger partial charge in [-0.25, -0.2) is 0 Å². The first-order valence-electron chi connectivity index (χ1n) is 10.6. The molecule has 3 atom stereocenters. The minimum absolute atomic E-state index is 0.0466. The number of fused-ring (bicyclic) bond motifs is 1. The Kier molecular flexibility index (Phi) is 5.31. The summed E-state index contributed by atoms with van der Waals surface area (Å²) in [6, 6.07) is 17.3. The summed E-state index contributed by atoms with van der Waals surface area (Å²) in [6.45, 7) is 8.00. The van der Waals surface area contributed by atoms with Gasteiger partial charge in [0.2, 0.25) is 5.91 Å². The SMILES string of the molecule is Cc1cccc(C2=CSC3C(=O)NC(N4CCN(c5cccc(C)c5)CC4)NC23)c1. The van der Waals surface area contributed by atoms with Gasteiger partial charge in [-0.05, 0) is 48.1 Å². The number of hydrogen-bond donors (Lipinski definition) is 2. The van der Waals surface area contributed by atoms with Gasteiger partial charge in [0.15, 0.2) is 0 Å². The molecule has 156 valence electrons. The highest BCUT2D eigenvalue weighted by molar-refractivity contribution is 8.04. The van der Waals surface area contributed by atoms with Gasteiger partial charge in [-0.1, -0.05) is 42.0 Å². The summed E-state index contributed by atoms with van der Waals surface area (Å²) in [4.78, 5) is 17.6. The standard InChI is InChI=1S/C24H28N4OS/c1-16-5-3-7-18(13-16)20-15-30-22-21(20)25-24(26-23(22)29)28-11-9-27(10-12-28)19-8-4-6-17(2)14-19/h3-8,13-15,21-22,24-25H,9-12H2,1-2H3,(H,26,29). The van der Waals surface area contributed by atoms with Crippen LogP contribution >= 0.6 is 11.8 Å². The molecule has 2 aromatic carbocycles. The Balaban J connectivity index is 1.28. The van der Waals surface area contributed by atoms with Crippen molar-refractivity contribution in [3.05, 3.63) is 70.6 Å². The minimum atomic E-state index is -0.120. The lowest BCUT2D eigenvalue weighted by atomic mass is 9.95. The van der Waals surface area contributed by atoms with E-state index in [9.17, 15) is 4.79 Å². The summed E-state index contributed by atoms with van der Waals surface area (Å²) >= 11 is 1.63. The van der Waals surface area contributed by atoms with Gasteiger partial charge in [0.05, 0.1) is 6.04 Å². The molecule has 2 aromatic rings. The molecule has 0 radical (unpaired) electrons. The number of thioether (sulfide) groups is 1. The molecule has 30 heavy (non-hydrogen) atoms. The molecular formula is C24H28N4OS. The number of hydrogen-bond acceptors (Lipinski definition) is 5. The fourth-order valence-electron chi connectivity index (χ4n) is 4.61. The van der Waals surface area contributed by atoms with Crippen molar-refractivity contribution in [1.29, 1.82) is 0 Å². The molecule has 0 aliphatic carbocycles. The van der Waals surface area contributed by atoms with Gasteiger partial charge in [-0.3, -0.25) is 15.0 Å². The molecule has 2 N–H and O–H groups in total. The average Bonchev–Trinajstić information content (AvgIpc) is 3.19. The average molecular weight is 421 g/mol. The van der Waals surface area contributed by atoms with Crippen LogP contribution in [0.5, 0.6) is 0 Å². The number of anilines is 1. The molecule has 5 rings (SSSR count). The summed E-state index contributed by atoms with van der Waals surface area (Å²) < 4.78 is 0. The lowest BCUT2D eigenvalue weighted by Gasteiger charge is -2.44. The summed E-state index contributed by atoms with van der Waals surface area (Å²) in [5, 5.41) is 9.01. The van der Waals surface area contributed by atoms with Crippen LogP contribution in [0.4, 0.5) is 5.69 Å². The monoisotopic (exact) mass is 420 g/mol. The van der Waals surface area contributed by atoms with Crippen molar-refractivity contribution in [2.45, 2.75) is 31.4 Å². The van der Waals surface area contributed by atoms with E-state index in [1.807, 2.05) is 0 Å². The van der Waals surface area contributed by atoms with Gasteiger partial charge >= 0.3 is 0 Å². The minimum Gasteiger partial charge on any atom is -0.369 e. The number of nitrogens with zero attached hydrogens (tertiary/aromatic N) is 2. The maximum atomic E-state index is 12.9. The molecule has 3 aliphatic rings. The first kappa shape index (κ1) is 19.7. The number of amides is 1. The van der Waals surface area contributed by atoms with E-state index in [-0.39, 0.29) is 23.5 Å². The van der Waals surface area contributed by atoms with E-state index in [2.05, 4.69) is 88.2 Å². The molecule has 2 saturated heterocycles.